The van der Waals surface area contributed by atoms with E-state index in [0.717, 1.165) is 37.1 Å². The maximum atomic E-state index is 12.7. The number of likely N-dealkylation sites (tertiary alicyclic amines) is 1. The molecule has 1 aliphatic heterocycles. The third-order valence-corrected chi connectivity index (χ3v) is 4.56. The number of aromatic nitrogens is 2. The first-order valence-corrected chi connectivity index (χ1v) is 8.19. The van der Waals surface area contributed by atoms with Crippen molar-refractivity contribution in [1.82, 2.24) is 15.1 Å². The third kappa shape index (κ3) is 3.02. The van der Waals surface area contributed by atoms with Crippen LogP contribution in [0.5, 0.6) is 0 Å². The van der Waals surface area contributed by atoms with Crippen LogP contribution < -0.4 is 0 Å². The van der Waals surface area contributed by atoms with E-state index in [-0.39, 0.29) is 5.91 Å². The Morgan fingerprint density at radius 3 is 2.86 bits per heavy atom. The van der Waals surface area contributed by atoms with Gasteiger partial charge in [-0.1, -0.05) is 30.7 Å². The molecule has 0 spiro atoms. The second kappa shape index (κ2) is 6.53. The number of H-pyrrole nitrogens is 1. The van der Waals surface area contributed by atoms with E-state index < -0.39 is 0 Å². The zero-order chi connectivity index (χ0) is 15.5. The van der Waals surface area contributed by atoms with Crippen molar-refractivity contribution in [3.05, 3.63) is 41.0 Å². The van der Waals surface area contributed by atoms with Crippen molar-refractivity contribution in [2.24, 2.45) is 0 Å². The number of rotatable bonds is 3. The highest BCUT2D eigenvalue weighted by atomic mass is 35.5. The number of amides is 1. The topological polar surface area (TPSA) is 49.0 Å². The molecule has 1 fully saturated rings. The van der Waals surface area contributed by atoms with Gasteiger partial charge in [-0.25, -0.2) is 0 Å². The molecule has 1 amide bonds. The van der Waals surface area contributed by atoms with E-state index in [1.165, 1.54) is 6.42 Å². The van der Waals surface area contributed by atoms with E-state index in [1.807, 2.05) is 35.2 Å². The summed E-state index contributed by atoms with van der Waals surface area (Å²) in [4.78, 5) is 14.7. The Morgan fingerprint density at radius 1 is 1.36 bits per heavy atom. The number of halogens is 1. The molecule has 0 bridgehead atoms. The van der Waals surface area contributed by atoms with Crippen molar-refractivity contribution in [3.8, 4) is 11.3 Å². The van der Waals surface area contributed by atoms with Gasteiger partial charge in [0.25, 0.3) is 5.91 Å². The molecular weight excluding hydrogens is 298 g/mol. The van der Waals surface area contributed by atoms with Crippen LogP contribution in [0.4, 0.5) is 0 Å². The van der Waals surface area contributed by atoms with Crippen LogP contribution in [0.2, 0.25) is 5.02 Å². The summed E-state index contributed by atoms with van der Waals surface area (Å²) in [5.41, 5.74) is 2.28. The van der Waals surface area contributed by atoms with Gasteiger partial charge in [0.1, 0.15) is 5.69 Å². The number of piperidine rings is 1. The molecule has 2 aromatic rings. The minimum atomic E-state index is 0.0549. The SMILES string of the molecule is CCC1CCCCN1C(=O)c1cc(-c2ccc(Cl)cc2)n[nH]1. The van der Waals surface area contributed by atoms with Crippen LogP contribution in [0.3, 0.4) is 0 Å². The summed E-state index contributed by atoms with van der Waals surface area (Å²) >= 11 is 5.90. The minimum Gasteiger partial charge on any atom is -0.334 e. The summed E-state index contributed by atoms with van der Waals surface area (Å²) in [6.07, 6.45) is 4.39. The predicted octanol–water partition coefficient (Wildman–Crippen LogP) is 4.13. The lowest BCUT2D eigenvalue weighted by Crippen LogP contribution is -2.43. The molecule has 116 valence electrons. The zero-order valence-corrected chi connectivity index (χ0v) is 13.4. The Morgan fingerprint density at radius 2 is 2.14 bits per heavy atom. The first kappa shape index (κ1) is 15.1. The lowest BCUT2D eigenvalue weighted by atomic mass is 9.99. The average Bonchev–Trinajstić information content (AvgIpc) is 3.05. The fourth-order valence-electron chi connectivity index (χ4n) is 3.05. The van der Waals surface area contributed by atoms with Gasteiger partial charge in [-0.2, -0.15) is 5.10 Å². The molecule has 0 saturated carbocycles. The largest absolute Gasteiger partial charge is 0.334 e. The number of carbonyl (C=O) groups is 1. The monoisotopic (exact) mass is 317 g/mol. The number of benzene rings is 1. The molecule has 22 heavy (non-hydrogen) atoms. The van der Waals surface area contributed by atoms with Crippen LogP contribution in [-0.4, -0.2) is 33.6 Å². The van der Waals surface area contributed by atoms with E-state index in [2.05, 4.69) is 17.1 Å². The van der Waals surface area contributed by atoms with E-state index in [4.69, 9.17) is 11.6 Å². The smallest absolute Gasteiger partial charge is 0.272 e. The first-order valence-electron chi connectivity index (χ1n) is 7.81. The highest BCUT2D eigenvalue weighted by Gasteiger charge is 2.27. The van der Waals surface area contributed by atoms with Gasteiger partial charge >= 0.3 is 0 Å². The summed E-state index contributed by atoms with van der Waals surface area (Å²) in [5, 5.41) is 7.84. The lowest BCUT2D eigenvalue weighted by molar-refractivity contribution is 0.0602. The summed E-state index contributed by atoms with van der Waals surface area (Å²) < 4.78 is 0. The Labute approximate surface area is 135 Å². The van der Waals surface area contributed by atoms with Crippen molar-refractivity contribution in [2.75, 3.05) is 6.54 Å². The van der Waals surface area contributed by atoms with Crippen molar-refractivity contribution < 1.29 is 4.79 Å². The van der Waals surface area contributed by atoms with Crippen molar-refractivity contribution in [2.45, 2.75) is 38.6 Å². The van der Waals surface area contributed by atoms with Crippen LogP contribution in [0.15, 0.2) is 30.3 Å². The highest BCUT2D eigenvalue weighted by molar-refractivity contribution is 6.30. The number of carbonyl (C=O) groups excluding carboxylic acids is 1. The average molecular weight is 318 g/mol. The zero-order valence-electron chi connectivity index (χ0n) is 12.7. The molecule has 5 heteroatoms. The highest BCUT2D eigenvalue weighted by Crippen LogP contribution is 2.24. The lowest BCUT2D eigenvalue weighted by Gasteiger charge is -2.34. The third-order valence-electron chi connectivity index (χ3n) is 4.31. The standard InChI is InChI=1S/C17H20ClN3O/c1-2-14-5-3-4-10-21(14)17(22)16-11-15(19-20-16)12-6-8-13(18)9-7-12/h6-9,11,14H,2-5,10H2,1H3,(H,19,20). The molecule has 1 unspecified atom stereocenters. The Bertz CT molecular complexity index is 650. The molecule has 1 N–H and O–H groups in total. The summed E-state index contributed by atoms with van der Waals surface area (Å²) in [6.45, 7) is 2.98. The van der Waals surface area contributed by atoms with Gasteiger partial charge < -0.3 is 4.90 Å². The van der Waals surface area contributed by atoms with Crippen LogP contribution >= 0.6 is 11.6 Å². The molecule has 4 nitrogen and oxygen atoms in total. The summed E-state index contributed by atoms with van der Waals surface area (Å²) in [7, 11) is 0. The molecule has 0 radical (unpaired) electrons. The van der Waals surface area contributed by atoms with E-state index >= 15 is 0 Å². The van der Waals surface area contributed by atoms with Gasteiger partial charge in [-0.15, -0.1) is 0 Å². The quantitative estimate of drug-likeness (QED) is 0.925. The van der Waals surface area contributed by atoms with Crippen molar-refractivity contribution >= 4 is 17.5 Å². The van der Waals surface area contributed by atoms with Gasteiger partial charge in [0, 0.05) is 23.2 Å². The molecule has 2 heterocycles. The number of nitrogens with one attached hydrogen (secondary N) is 1. The van der Waals surface area contributed by atoms with E-state index in [1.54, 1.807) is 0 Å². The molecule has 1 aliphatic rings. The molecule has 0 aliphatic carbocycles. The molecular formula is C17H20ClN3O. The molecule has 3 rings (SSSR count). The number of hydrogen-bond acceptors (Lipinski definition) is 2. The van der Waals surface area contributed by atoms with Crippen LogP contribution in [0.25, 0.3) is 11.3 Å². The Balaban J connectivity index is 1.80. The summed E-state index contributed by atoms with van der Waals surface area (Å²) in [6, 6.07) is 9.64. The Hall–Kier alpha value is -1.81. The van der Waals surface area contributed by atoms with Gasteiger partial charge in [-0.05, 0) is 43.9 Å². The molecule has 1 saturated heterocycles. The number of aromatic amines is 1. The Kier molecular flexibility index (Phi) is 4.48. The maximum absolute atomic E-state index is 12.7. The normalized spacial score (nSPS) is 18.5. The van der Waals surface area contributed by atoms with E-state index in [9.17, 15) is 4.79 Å². The van der Waals surface area contributed by atoms with E-state index in [0.29, 0.717) is 16.8 Å². The second-order valence-electron chi connectivity index (χ2n) is 5.73. The number of hydrogen-bond donors (Lipinski definition) is 1. The first-order chi connectivity index (χ1) is 10.7. The fourth-order valence-corrected chi connectivity index (χ4v) is 3.17. The van der Waals surface area contributed by atoms with Gasteiger partial charge in [0.15, 0.2) is 0 Å². The summed E-state index contributed by atoms with van der Waals surface area (Å²) in [5.74, 6) is 0.0549. The second-order valence-corrected chi connectivity index (χ2v) is 6.17. The van der Waals surface area contributed by atoms with Gasteiger partial charge in [0.2, 0.25) is 0 Å². The van der Waals surface area contributed by atoms with Crippen LogP contribution in [0.1, 0.15) is 43.1 Å². The van der Waals surface area contributed by atoms with Crippen molar-refractivity contribution in [1.29, 1.82) is 0 Å². The molecule has 1 aromatic carbocycles. The van der Waals surface area contributed by atoms with Crippen molar-refractivity contribution in [3.63, 3.8) is 0 Å². The maximum Gasteiger partial charge on any atom is 0.272 e. The van der Waals surface area contributed by atoms with Gasteiger partial charge in [0.05, 0.1) is 5.69 Å². The van der Waals surface area contributed by atoms with Crippen LogP contribution in [-0.2, 0) is 0 Å². The molecule has 1 aromatic heterocycles. The van der Waals surface area contributed by atoms with Gasteiger partial charge in [-0.3, -0.25) is 9.89 Å². The van der Waals surface area contributed by atoms with Crippen LogP contribution in [0, 0.1) is 0 Å². The number of nitrogens with zero attached hydrogens (tertiary/aromatic N) is 2. The predicted molar refractivity (Wildman–Crippen MR) is 88.0 cm³/mol. The molecule has 1 atom stereocenters. The fraction of sp³-hybridized carbons (Fsp3) is 0.412. The minimum absolute atomic E-state index is 0.0549.